The monoisotopic (exact) mass is 650 g/mol. The zero-order chi connectivity index (χ0) is 33.9. The van der Waals surface area contributed by atoms with Gasteiger partial charge in [0.1, 0.15) is 51.7 Å². The van der Waals surface area contributed by atoms with Crippen LogP contribution in [0, 0.1) is 0 Å². The van der Waals surface area contributed by atoms with Crippen molar-refractivity contribution in [3.63, 3.8) is 0 Å². The Morgan fingerprint density at radius 1 is 0.370 bits per heavy atom. The van der Waals surface area contributed by atoms with Crippen LogP contribution in [0.4, 0.5) is 0 Å². The van der Waals surface area contributed by atoms with Crippen molar-refractivity contribution in [2.75, 3.05) is 64.0 Å². The molecule has 9 nitrogen and oxygen atoms in total. The molecule has 0 fully saturated rings. The van der Waals surface area contributed by atoms with Crippen molar-refractivity contribution in [1.29, 1.82) is 0 Å². The summed E-state index contributed by atoms with van der Waals surface area (Å²) >= 11 is 0. The fraction of sp³-hybridized carbons (Fsp3) is 0.389. The number of allylic oxidation sites excluding steroid dienone is 4. The van der Waals surface area contributed by atoms with Crippen LogP contribution < -0.4 is 58.2 Å². The summed E-state index contributed by atoms with van der Waals surface area (Å²) in [7, 11) is 11.0. The lowest BCUT2D eigenvalue weighted by molar-refractivity contribution is 0.376. The topological polar surface area (TPSA) is 83.1 Å². The maximum Gasteiger partial charge on any atom is 0.187 e. The molecule has 0 N–H and O–H groups in total. The van der Waals surface area contributed by atoms with Gasteiger partial charge in [-0.15, -0.1) is 0 Å². The summed E-state index contributed by atoms with van der Waals surface area (Å²) in [5.74, 6) is 5.20. The fourth-order valence-electron chi connectivity index (χ4n) is 6.99. The molecule has 0 spiro atoms. The van der Waals surface area contributed by atoms with E-state index in [9.17, 15) is 0 Å². The second kappa shape index (κ2) is 13.9. The number of rotatable bonds is 13. The average molecular weight is 651 g/mol. The van der Waals surface area contributed by atoms with Crippen molar-refractivity contribution in [1.82, 2.24) is 0 Å². The van der Waals surface area contributed by atoms with Crippen LogP contribution in [0.2, 0.25) is 5.54 Å². The summed E-state index contributed by atoms with van der Waals surface area (Å²) in [5.41, 5.74) is 4.62. The first-order chi connectivity index (χ1) is 22.1. The van der Waals surface area contributed by atoms with Crippen LogP contribution in [0.5, 0.6) is 51.7 Å². The zero-order valence-corrected chi connectivity index (χ0v) is 30.2. The van der Waals surface area contributed by atoms with Crippen LogP contribution in [0.25, 0.3) is 0 Å². The van der Waals surface area contributed by atoms with Gasteiger partial charge in [-0.2, -0.15) is 0 Å². The van der Waals surface area contributed by atoms with Crippen molar-refractivity contribution in [2.24, 2.45) is 0 Å². The predicted octanol–water partition coefficient (Wildman–Crippen LogP) is 5.29. The van der Waals surface area contributed by atoms with Crippen molar-refractivity contribution in [2.45, 2.75) is 33.2 Å². The van der Waals surface area contributed by atoms with Gasteiger partial charge in [0.25, 0.3) is 0 Å². The van der Waals surface area contributed by atoms with Gasteiger partial charge in [0.15, 0.2) is 8.07 Å². The number of ether oxygens (including phenoxy) is 9. The molecule has 0 unspecified atom stereocenters. The first-order valence-corrected chi connectivity index (χ1v) is 16.9. The molecule has 1 aliphatic rings. The van der Waals surface area contributed by atoms with E-state index in [0.29, 0.717) is 51.7 Å². The maximum absolute atomic E-state index is 6.28. The van der Waals surface area contributed by atoms with Gasteiger partial charge in [-0.25, -0.2) is 0 Å². The third-order valence-electron chi connectivity index (χ3n) is 9.37. The molecule has 10 heteroatoms. The third kappa shape index (κ3) is 5.28. The molecule has 248 valence electrons. The first kappa shape index (κ1) is 34.4. The van der Waals surface area contributed by atoms with Gasteiger partial charge in [0.05, 0.1) is 64.0 Å². The molecule has 3 aromatic rings. The van der Waals surface area contributed by atoms with Crippen molar-refractivity contribution >= 4 is 23.6 Å². The zero-order valence-electron chi connectivity index (χ0n) is 29.2. The predicted molar refractivity (Wildman–Crippen MR) is 183 cm³/mol. The quantitative estimate of drug-likeness (QED) is 0.181. The van der Waals surface area contributed by atoms with Crippen LogP contribution in [0.15, 0.2) is 58.7 Å². The van der Waals surface area contributed by atoms with Gasteiger partial charge < -0.3 is 42.6 Å². The molecular formula is C36H46O9Si. The van der Waals surface area contributed by atoms with E-state index in [0.717, 1.165) is 15.6 Å². The van der Waals surface area contributed by atoms with Gasteiger partial charge >= 0.3 is 0 Å². The molecule has 0 heterocycles. The molecule has 0 amide bonds. The van der Waals surface area contributed by atoms with Crippen LogP contribution in [-0.2, 0) is 0 Å². The maximum atomic E-state index is 6.28. The standard InChI is InChI=1S/C36H46O9Si/c1-20-21(2)23(4)33(22(20)3)46(34-27(40-8)14-24(37-5)15-28(34)41-9,35-29(42-10)16-25(38-6)17-30(35)43-11)36-31(44-12)18-26(39-7)19-32(36)45-13/h14-19,33H,1-13H3. The van der Waals surface area contributed by atoms with E-state index in [1.165, 1.54) is 22.3 Å². The second-order valence-corrected chi connectivity index (χ2v) is 14.8. The van der Waals surface area contributed by atoms with E-state index in [4.69, 9.17) is 42.6 Å². The normalized spacial score (nSPS) is 13.5. The smallest absolute Gasteiger partial charge is 0.187 e. The largest absolute Gasteiger partial charge is 0.497 e. The molecule has 0 bridgehead atoms. The molecule has 46 heavy (non-hydrogen) atoms. The van der Waals surface area contributed by atoms with E-state index in [-0.39, 0.29) is 5.54 Å². The molecular weight excluding hydrogens is 604 g/mol. The Bertz CT molecular complexity index is 1420. The van der Waals surface area contributed by atoms with Crippen LogP contribution in [0.3, 0.4) is 0 Å². The number of hydrogen-bond acceptors (Lipinski definition) is 9. The minimum Gasteiger partial charge on any atom is -0.497 e. The Labute approximate surface area is 273 Å². The van der Waals surface area contributed by atoms with Crippen molar-refractivity contribution in [3.8, 4) is 51.7 Å². The van der Waals surface area contributed by atoms with Gasteiger partial charge in [0, 0.05) is 57.5 Å². The van der Waals surface area contributed by atoms with Crippen LogP contribution >= 0.6 is 0 Å². The SMILES string of the molecule is COc1cc(OC)c([Si](c2c(OC)cc(OC)cc2OC)(c2c(OC)cc(OC)cc2OC)C2C(C)=C(C)C(C)=C2C)c(OC)c1. The minimum atomic E-state index is -3.73. The van der Waals surface area contributed by atoms with Crippen LogP contribution in [0.1, 0.15) is 27.7 Å². The molecule has 0 saturated carbocycles. The Kier molecular flexibility index (Phi) is 10.4. The molecule has 0 radical (unpaired) electrons. The summed E-state index contributed by atoms with van der Waals surface area (Å²) < 4.78 is 54.8. The molecule has 0 saturated heterocycles. The van der Waals surface area contributed by atoms with Crippen molar-refractivity contribution in [3.05, 3.63) is 58.7 Å². The molecule has 0 atom stereocenters. The fourth-order valence-corrected chi connectivity index (χ4v) is 13.7. The Morgan fingerprint density at radius 3 is 0.761 bits per heavy atom. The number of methoxy groups -OCH3 is 9. The van der Waals surface area contributed by atoms with E-state index in [1.807, 2.05) is 36.4 Å². The number of benzene rings is 3. The van der Waals surface area contributed by atoms with Gasteiger partial charge in [0.2, 0.25) is 0 Å². The number of hydrogen-bond donors (Lipinski definition) is 0. The molecule has 0 aromatic heterocycles. The van der Waals surface area contributed by atoms with E-state index in [2.05, 4.69) is 27.7 Å². The Balaban J connectivity index is 2.53. The van der Waals surface area contributed by atoms with E-state index in [1.54, 1.807) is 64.0 Å². The molecule has 1 aliphatic carbocycles. The van der Waals surface area contributed by atoms with Crippen molar-refractivity contribution < 1.29 is 42.6 Å². The summed E-state index contributed by atoms with van der Waals surface area (Å²) in [5, 5.41) is 2.48. The average Bonchev–Trinajstić information content (AvgIpc) is 3.29. The van der Waals surface area contributed by atoms with Crippen LogP contribution in [-0.4, -0.2) is 72.1 Å². The lowest BCUT2D eigenvalue weighted by atomic mass is 10.1. The summed E-state index contributed by atoms with van der Waals surface area (Å²) in [6.07, 6.45) is 0. The third-order valence-corrected chi connectivity index (χ3v) is 14.9. The van der Waals surface area contributed by atoms with Gasteiger partial charge in [-0.3, -0.25) is 0 Å². The highest BCUT2D eigenvalue weighted by molar-refractivity contribution is 7.15. The van der Waals surface area contributed by atoms with E-state index >= 15 is 0 Å². The summed E-state index contributed by atoms with van der Waals surface area (Å²) in [6.45, 7) is 8.71. The van der Waals surface area contributed by atoms with E-state index < -0.39 is 8.07 Å². The lowest BCUT2D eigenvalue weighted by Gasteiger charge is -2.44. The summed E-state index contributed by atoms with van der Waals surface area (Å²) in [4.78, 5) is 0. The highest BCUT2D eigenvalue weighted by atomic mass is 28.3. The van der Waals surface area contributed by atoms with Gasteiger partial charge in [-0.05, 0) is 38.8 Å². The molecule has 0 aliphatic heterocycles. The highest BCUT2D eigenvalue weighted by Crippen LogP contribution is 2.52. The van der Waals surface area contributed by atoms with Gasteiger partial charge in [-0.1, -0.05) is 11.1 Å². The minimum absolute atomic E-state index is 0.198. The summed E-state index contributed by atoms with van der Waals surface area (Å²) in [6, 6.07) is 11.3. The highest BCUT2D eigenvalue weighted by Gasteiger charge is 2.59. The Hall–Kier alpha value is -4.44. The molecule has 3 aromatic carbocycles. The first-order valence-electron chi connectivity index (χ1n) is 14.8. The second-order valence-electron chi connectivity index (χ2n) is 11.1. The lowest BCUT2D eigenvalue weighted by Crippen LogP contribution is -2.71. The Morgan fingerprint density at radius 2 is 0.587 bits per heavy atom. The molecule has 4 rings (SSSR count).